The summed E-state index contributed by atoms with van der Waals surface area (Å²) in [5.74, 6) is -0.957. The number of nitro groups is 1. The van der Waals surface area contributed by atoms with Crippen molar-refractivity contribution in [2.24, 2.45) is 5.11 Å². The molecule has 0 N–H and O–H groups in total. The van der Waals surface area contributed by atoms with Gasteiger partial charge >= 0.3 is 5.69 Å². The van der Waals surface area contributed by atoms with Gasteiger partial charge in [-0.2, -0.15) is 4.39 Å². The van der Waals surface area contributed by atoms with Crippen molar-refractivity contribution in [3.05, 3.63) is 44.6 Å². The van der Waals surface area contributed by atoms with Crippen LogP contribution in [0.2, 0.25) is 0 Å². The lowest BCUT2D eigenvalue weighted by molar-refractivity contribution is -0.387. The minimum atomic E-state index is -0.957. The zero-order chi connectivity index (χ0) is 9.84. The van der Waals surface area contributed by atoms with E-state index >= 15 is 0 Å². The van der Waals surface area contributed by atoms with Gasteiger partial charge in [0, 0.05) is 16.7 Å². The van der Waals surface area contributed by atoms with Crippen LogP contribution in [0.15, 0.2) is 23.3 Å². The first-order valence-electron chi connectivity index (χ1n) is 3.14. The van der Waals surface area contributed by atoms with Gasteiger partial charge in [0.05, 0.1) is 4.92 Å². The second-order valence-corrected chi connectivity index (χ2v) is 2.08. The number of nitrogens with zero attached hydrogens (tertiary/aromatic N) is 4. The van der Waals surface area contributed by atoms with E-state index in [1.54, 1.807) is 0 Å². The van der Waals surface area contributed by atoms with E-state index in [0.29, 0.717) is 0 Å². The van der Waals surface area contributed by atoms with Gasteiger partial charge in [0.2, 0.25) is 5.82 Å². The minimum absolute atomic E-state index is 0.00981. The van der Waals surface area contributed by atoms with Gasteiger partial charge in [-0.25, -0.2) is 0 Å². The largest absolute Gasteiger partial charge is 0.305 e. The van der Waals surface area contributed by atoms with Crippen LogP contribution in [0.4, 0.5) is 15.8 Å². The van der Waals surface area contributed by atoms with Crippen LogP contribution in [0.3, 0.4) is 0 Å². The molecule has 7 heteroatoms. The van der Waals surface area contributed by atoms with Crippen molar-refractivity contribution in [3.8, 4) is 0 Å². The van der Waals surface area contributed by atoms with E-state index in [1.807, 2.05) is 0 Å². The molecule has 0 aliphatic carbocycles. The summed E-state index contributed by atoms with van der Waals surface area (Å²) in [6.07, 6.45) is 0. The number of nitro benzene ring substituents is 1. The highest BCUT2D eigenvalue weighted by molar-refractivity contribution is 5.47. The van der Waals surface area contributed by atoms with E-state index in [0.717, 1.165) is 18.2 Å². The van der Waals surface area contributed by atoms with Crippen molar-refractivity contribution in [1.29, 1.82) is 0 Å². The van der Waals surface area contributed by atoms with Gasteiger partial charge in [-0.05, 0) is 17.7 Å². The Kier molecular flexibility index (Phi) is 2.41. The first-order valence-corrected chi connectivity index (χ1v) is 3.14. The summed E-state index contributed by atoms with van der Waals surface area (Å²) in [5.41, 5.74) is 7.32. The lowest BCUT2D eigenvalue weighted by Crippen LogP contribution is -1.90. The normalized spacial score (nSPS) is 9.00. The fourth-order valence-corrected chi connectivity index (χ4v) is 0.755. The highest BCUT2D eigenvalue weighted by atomic mass is 19.1. The first-order chi connectivity index (χ1) is 6.15. The average molecular weight is 182 g/mol. The third kappa shape index (κ3) is 1.91. The molecule has 1 aromatic rings. The summed E-state index contributed by atoms with van der Waals surface area (Å²) >= 11 is 0. The Bertz CT molecular complexity index is 400. The molecule has 0 heterocycles. The van der Waals surface area contributed by atoms with Crippen molar-refractivity contribution >= 4 is 11.4 Å². The molecule has 0 atom stereocenters. The van der Waals surface area contributed by atoms with Gasteiger partial charge in [0.1, 0.15) is 0 Å². The SMILES string of the molecule is [N-]=[N+]=Nc1ccc(F)c([N+](=O)[O-])c1. The molecule has 1 rings (SSSR count). The molecule has 0 saturated heterocycles. The number of benzene rings is 1. The molecule has 0 aliphatic rings. The third-order valence-corrected chi connectivity index (χ3v) is 1.29. The van der Waals surface area contributed by atoms with Gasteiger partial charge in [-0.15, -0.1) is 0 Å². The van der Waals surface area contributed by atoms with E-state index in [-0.39, 0.29) is 5.69 Å². The molecule has 0 aliphatic heterocycles. The zero-order valence-electron chi connectivity index (χ0n) is 6.22. The van der Waals surface area contributed by atoms with Gasteiger partial charge < -0.3 is 0 Å². The predicted molar refractivity (Wildman–Crippen MR) is 41.9 cm³/mol. The number of hydrogen-bond donors (Lipinski definition) is 0. The standard InChI is InChI=1S/C6H3FN4O2/c7-5-2-1-4(9-10-8)3-6(5)11(12)13/h1-3H. The molecule has 0 spiro atoms. The summed E-state index contributed by atoms with van der Waals surface area (Å²) in [4.78, 5) is 11.7. The summed E-state index contributed by atoms with van der Waals surface area (Å²) in [7, 11) is 0. The highest BCUT2D eigenvalue weighted by Gasteiger charge is 2.13. The smallest absolute Gasteiger partial charge is 0.258 e. The second kappa shape index (κ2) is 3.51. The highest BCUT2D eigenvalue weighted by Crippen LogP contribution is 2.23. The lowest BCUT2D eigenvalue weighted by atomic mass is 10.3. The molecule has 13 heavy (non-hydrogen) atoms. The maximum absolute atomic E-state index is 12.7. The number of hydrogen-bond acceptors (Lipinski definition) is 3. The van der Waals surface area contributed by atoms with Crippen molar-refractivity contribution in [2.75, 3.05) is 0 Å². The average Bonchev–Trinajstić information content (AvgIpc) is 2.08. The van der Waals surface area contributed by atoms with E-state index < -0.39 is 16.4 Å². The van der Waals surface area contributed by atoms with Crippen LogP contribution >= 0.6 is 0 Å². The molecule has 0 fully saturated rings. The Labute approximate surface area is 71.4 Å². The fraction of sp³-hybridized carbons (Fsp3) is 0. The van der Waals surface area contributed by atoms with E-state index in [2.05, 4.69) is 10.0 Å². The molecule has 0 bridgehead atoms. The Morgan fingerprint density at radius 3 is 2.85 bits per heavy atom. The van der Waals surface area contributed by atoms with Crippen LogP contribution in [-0.4, -0.2) is 4.92 Å². The van der Waals surface area contributed by atoms with Crippen LogP contribution in [0.5, 0.6) is 0 Å². The number of azide groups is 1. The minimum Gasteiger partial charge on any atom is -0.258 e. The topological polar surface area (TPSA) is 91.9 Å². The van der Waals surface area contributed by atoms with Gasteiger partial charge in [-0.3, -0.25) is 10.1 Å². The zero-order valence-corrected chi connectivity index (χ0v) is 6.22. The Morgan fingerprint density at radius 1 is 1.62 bits per heavy atom. The van der Waals surface area contributed by atoms with E-state index in [4.69, 9.17) is 5.53 Å². The molecular formula is C6H3FN4O2. The summed E-state index contributed by atoms with van der Waals surface area (Å²) in [6, 6.07) is 2.90. The van der Waals surface area contributed by atoms with Crippen molar-refractivity contribution < 1.29 is 9.31 Å². The maximum Gasteiger partial charge on any atom is 0.305 e. The molecule has 1 aromatic carbocycles. The van der Waals surface area contributed by atoms with Crippen LogP contribution in [0, 0.1) is 15.9 Å². The predicted octanol–water partition coefficient (Wildman–Crippen LogP) is 2.68. The van der Waals surface area contributed by atoms with Crippen molar-refractivity contribution in [3.63, 3.8) is 0 Å². The number of rotatable bonds is 2. The van der Waals surface area contributed by atoms with E-state index in [1.165, 1.54) is 0 Å². The molecule has 66 valence electrons. The Hall–Kier alpha value is -2.14. The molecule has 0 amide bonds. The van der Waals surface area contributed by atoms with Gasteiger partial charge in [0.25, 0.3) is 0 Å². The van der Waals surface area contributed by atoms with Crippen LogP contribution in [-0.2, 0) is 0 Å². The first kappa shape index (κ1) is 8.95. The molecule has 0 aromatic heterocycles. The van der Waals surface area contributed by atoms with Crippen LogP contribution in [0.25, 0.3) is 10.4 Å². The van der Waals surface area contributed by atoms with Crippen LogP contribution in [0.1, 0.15) is 0 Å². The number of halogens is 1. The Balaban J connectivity index is 3.26. The summed E-state index contributed by atoms with van der Waals surface area (Å²) in [5, 5.41) is 13.3. The molecule has 6 nitrogen and oxygen atoms in total. The molecular weight excluding hydrogens is 179 g/mol. The van der Waals surface area contributed by atoms with Crippen molar-refractivity contribution in [1.82, 2.24) is 0 Å². The molecule has 0 radical (unpaired) electrons. The molecule has 0 unspecified atom stereocenters. The molecule has 0 saturated carbocycles. The van der Waals surface area contributed by atoms with Crippen LogP contribution < -0.4 is 0 Å². The third-order valence-electron chi connectivity index (χ3n) is 1.29. The van der Waals surface area contributed by atoms with Gasteiger partial charge in [-0.1, -0.05) is 5.11 Å². The quantitative estimate of drug-likeness (QED) is 0.231. The monoisotopic (exact) mass is 182 g/mol. The van der Waals surface area contributed by atoms with Crippen molar-refractivity contribution in [2.45, 2.75) is 0 Å². The summed E-state index contributed by atoms with van der Waals surface area (Å²) < 4.78 is 12.7. The lowest BCUT2D eigenvalue weighted by Gasteiger charge is -1.93. The summed E-state index contributed by atoms with van der Waals surface area (Å²) in [6.45, 7) is 0. The second-order valence-electron chi connectivity index (χ2n) is 2.08. The van der Waals surface area contributed by atoms with E-state index in [9.17, 15) is 14.5 Å². The Morgan fingerprint density at radius 2 is 2.31 bits per heavy atom. The van der Waals surface area contributed by atoms with Gasteiger partial charge in [0.15, 0.2) is 0 Å². The maximum atomic E-state index is 12.7. The fourth-order valence-electron chi connectivity index (χ4n) is 0.755.